The highest BCUT2D eigenvalue weighted by molar-refractivity contribution is 7.91. The van der Waals surface area contributed by atoms with E-state index in [-0.39, 0.29) is 24.3 Å². The molecular weight excluding hydrogens is 352 g/mol. The van der Waals surface area contributed by atoms with Crippen LogP contribution in [0.5, 0.6) is 5.75 Å². The molecule has 0 saturated carbocycles. The zero-order chi connectivity index (χ0) is 18.7. The van der Waals surface area contributed by atoms with E-state index < -0.39 is 9.84 Å². The van der Waals surface area contributed by atoms with Crippen LogP contribution in [-0.2, 0) is 14.6 Å². The first-order valence-corrected chi connectivity index (χ1v) is 11.1. The fourth-order valence-electron chi connectivity index (χ4n) is 3.59. The summed E-state index contributed by atoms with van der Waals surface area (Å²) in [5, 5.41) is 0. The predicted octanol–water partition coefficient (Wildman–Crippen LogP) is 1.52. The van der Waals surface area contributed by atoms with Crippen LogP contribution in [0.4, 0.5) is 0 Å². The molecule has 2 aliphatic rings. The monoisotopic (exact) mass is 380 g/mol. The SMILES string of the molecule is CC(C)c1ccc(OCC(=O)N2CCN(C3CCS(=O)(=O)C3)CC2)cc1. The predicted molar refractivity (Wildman–Crippen MR) is 101 cm³/mol. The minimum absolute atomic E-state index is 0.0170. The number of amides is 1. The number of rotatable bonds is 5. The molecule has 7 heteroatoms. The van der Waals surface area contributed by atoms with Crippen molar-refractivity contribution in [2.45, 2.75) is 32.2 Å². The van der Waals surface area contributed by atoms with Gasteiger partial charge in [-0.1, -0.05) is 26.0 Å². The molecule has 6 nitrogen and oxygen atoms in total. The van der Waals surface area contributed by atoms with E-state index >= 15 is 0 Å². The molecule has 0 N–H and O–H groups in total. The summed E-state index contributed by atoms with van der Waals surface area (Å²) in [4.78, 5) is 16.4. The van der Waals surface area contributed by atoms with E-state index in [9.17, 15) is 13.2 Å². The van der Waals surface area contributed by atoms with Gasteiger partial charge in [-0.05, 0) is 30.0 Å². The molecule has 144 valence electrons. The molecule has 2 heterocycles. The standard InChI is InChI=1S/C19H28N2O4S/c1-15(2)16-3-5-18(6-4-16)25-13-19(22)21-10-8-20(9-11-21)17-7-12-26(23,24)14-17/h3-6,15,17H,7-14H2,1-2H3. The molecule has 1 amide bonds. The molecule has 2 fully saturated rings. The van der Waals surface area contributed by atoms with Gasteiger partial charge < -0.3 is 9.64 Å². The lowest BCUT2D eigenvalue weighted by atomic mass is 10.0. The molecule has 1 aromatic rings. The minimum atomic E-state index is -2.86. The van der Waals surface area contributed by atoms with Gasteiger partial charge >= 0.3 is 0 Å². The highest BCUT2D eigenvalue weighted by atomic mass is 32.2. The molecule has 2 aliphatic heterocycles. The van der Waals surface area contributed by atoms with Crippen LogP contribution < -0.4 is 4.74 Å². The van der Waals surface area contributed by atoms with Crippen LogP contribution in [0.1, 0.15) is 31.7 Å². The minimum Gasteiger partial charge on any atom is -0.484 e. The Morgan fingerprint density at radius 2 is 1.81 bits per heavy atom. The second-order valence-corrected chi connectivity index (χ2v) is 9.71. The summed E-state index contributed by atoms with van der Waals surface area (Å²) in [6.45, 7) is 7.04. The first-order chi connectivity index (χ1) is 12.3. The molecule has 0 spiro atoms. The van der Waals surface area contributed by atoms with Crippen molar-refractivity contribution in [3.63, 3.8) is 0 Å². The highest BCUT2D eigenvalue weighted by Gasteiger charge is 2.34. The fraction of sp³-hybridized carbons (Fsp3) is 0.632. The summed E-state index contributed by atoms with van der Waals surface area (Å²) >= 11 is 0. The third kappa shape index (κ3) is 4.76. The Morgan fingerprint density at radius 3 is 2.35 bits per heavy atom. The first-order valence-electron chi connectivity index (χ1n) is 9.29. The summed E-state index contributed by atoms with van der Waals surface area (Å²) in [6.07, 6.45) is 0.714. The van der Waals surface area contributed by atoms with Crippen molar-refractivity contribution in [2.75, 3.05) is 44.3 Å². The number of hydrogen-bond acceptors (Lipinski definition) is 5. The lowest BCUT2D eigenvalue weighted by Gasteiger charge is -2.37. The Bertz CT molecular complexity index is 722. The van der Waals surface area contributed by atoms with E-state index in [0.717, 1.165) is 13.1 Å². The van der Waals surface area contributed by atoms with Gasteiger partial charge in [-0.3, -0.25) is 9.69 Å². The Morgan fingerprint density at radius 1 is 1.15 bits per heavy atom. The Labute approximate surface area is 156 Å². The van der Waals surface area contributed by atoms with Crippen molar-refractivity contribution in [3.05, 3.63) is 29.8 Å². The van der Waals surface area contributed by atoms with Crippen molar-refractivity contribution >= 4 is 15.7 Å². The number of carbonyl (C=O) groups excluding carboxylic acids is 1. The van der Waals surface area contributed by atoms with E-state index in [1.165, 1.54) is 5.56 Å². The number of piperazine rings is 1. The molecule has 1 unspecified atom stereocenters. The van der Waals surface area contributed by atoms with Gasteiger partial charge in [0.15, 0.2) is 16.4 Å². The summed E-state index contributed by atoms with van der Waals surface area (Å²) in [6, 6.07) is 7.98. The van der Waals surface area contributed by atoms with Crippen molar-refractivity contribution in [3.8, 4) is 5.75 Å². The molecule has 26 heavy (non-hydrogen) atoms. The molecular formula is C19H28N2O4S. The Hall–Kier alpha value is -1.60. The summed E-state index contributed by atoms with van der Waals surface area (Å²) in [7, 11) is -2.86. The van der Waals surface area contributed by atoms with Gasteiger partial charge in [0.25, 0.3) is 5.91 Å². The number of sulfone groups is 1. The van der Waals surface area contributed by atoms with E-state index in [2.05, 4.69) is 18.7 Å². The molecule has 0 radical (unpaired) electrons. The summed E-state index contributed by atoms with van der Waals surface area (Å²) in [5.41, 5.74) is 1.24. The molecule has 1 aromatic carbocycles. The summed E-state index contributed by atoms with van der Waals surface area (Å²) in [5.74, 6) is 1.71. The van der Waals surface area contributed by atoms with E-state index in [0.29, 0.717) is 36.9 Å². The van der Waals surface area contributed by atoms with Gasteiger partial charge in [0.1, 0.15) is 5.75 Å². The average molecular weight is 381 g/mol. The molecule has 0 aliphatic carbocycles. The third-order valence-corrected chi connectivity index (χ3v) is 7.05. The van der Waals surface area contributed by atoms with Crippen molar-refractivity contribution in [2.24, 2.45) is 0 Å². The Balaban J connectivity index is 1.43. The van der Waals surface area contributed by atoms with Crippen LogP contribution in [0, 0.1) is 0 Å². The molecule has 1 atom stereocenters. The van der Waals surface area contributed by atoms with Gasteiger partial charge in [0, 0.05) is 32.2 Å². The average Bonchev–Trinajstić information content (AvgIpc) is 3.00. The summed E-state index contributed by atoms with van der Waals surface area (Å²) < 4.78 is 28.9. The maximum absolute atomic E-state index is 12.4. The topological polar surface area (TPSA) is 66.9 Å². The second-order valence-electron chi connectivity index (χ2n) is 7.49. The number of benzene rings is 1. The van der Waals surface area contributed by atoms with Crippen LogP contribution in [0.15, 0.2) is 24.3 Å². The largest absolute Gasteiger partial charge is 0.484 e. The zero-order valence-corrected chi connectivity index (χ0v) is 16.4. The van der Waals surface area contributed by atoms with E-state index in [1.54, 1.807) is 0 Å². The van der Waals surface area contributed by atoms with Crippen LogP contribution in [0.3, 0.4) is 0 Å². The van der Waals surface area contributed by atoms with Crippen LogP contribution in [-0.4, -0.2) is 74.5 Å². The second kappa shape index (κ2) is 7.96. The zero-order valence-electron chi connectivity index (χ0n) is 15.6. The maximum Gasteiger partial charge on any atom is 0.260 e. The highest BCUT2D eigenvalue weighted by Crippen LogP contribution is 2.20. The Kier molecular flexibility index (Phi) is 5.87. The normalized spacial score (nSPS) is 23.3. The first kappa shape index (κ1) is 19.2. The quantitative estimate of drug-likeness (QED) is 0.775. The van der Waals surface area contributed by atoms with Crippen LogP contribution in [0.25, 0.3) is 0 Å². The fourth-order valence-corrected chi connectivity index (χ4v) is 5.35. The van der Waals surface area contributed by atoms with Crippen molar-refractivity contribution in [1.29, 1.82) is 0 Å². The number of ether oxygens (including phenoxy) is 1. The lowest BCUT2D eigenvalue weighted by Crippen LogP contribution is -2.53. The van der Waals surface area contributed by atoms with Crippen molar-refractivity contribution < 1.29 is 17.9 Å². The molecule has 3 rings (SSSR count). The van der Waals surface area contributed by atoms with Crippen molar-refractivity contribution in [1.82, 2.24) is 9.80 Å². The van der Waals surface area contributed by atoms with Crippen LogP contribution in [0.2, 0.25) is 0 Å². The lowest BCUT2D eigenvalue weighted by molar-refractivity contribution is -0.135. The van der Waals surface area contributed by atoms with Gasteiger partial charge in [-0.2, -0.15) is 0 Å². The van der Waals surface area contributed by atoms with Gasteiger partial charge in [0.05, 0.1) is 11.5 Å². The number of hydrogen-bond donors (Lipinski definition) is 0. The maximum atomic E-state index is 12.4. The molecule has 2 saturated heterocycles. The molecule has 0 aromatic heterocycles. The third-order valence-electron chi connectivity index (χ3n) is 5.30. The molecule has 0 bridgehead atoms. The van der Waals surface area contributed by atoms with E-state index in [1.807, 2.05) is 29.2 Å². The number of carbonyl (C=O) groups is 1. The van der Waals surface area contributed by atoms with E-state index in [4.69, 9.17) is 4.74 Å². The van der Waals surface area contributed by atoms with Gasteiger partial charge in [-0.15, -0.1) is 0 Å². The number of nitrogens with zero attached hydrogens (tertiary/aromatic N) is 2. The smallest absolute Gasteiger partial charge is 0.260 e. The van der Waals surface area contributed by atoms with Crippen LogP contribution >= 0.6 is 0 Å². The van der Waals surface area contributed by atoms with Gasteiger partial charge in [0.2, 0.25) is 0 Å². The van der Waals surface area contributed by atoms with Gasteiger partial charge in [-0.25, -0.2) is 8.42 Å².